The molecule has 3 aromatic rings. The number of rotatable bonds is 8. The van der Waals surface area contributed by atoms with E-state index < -0.39 is 6.17 Å². The van der Waals surface area contributed by atoms with E-state index in [1.807, 2.05) is 78.4 Å². The number of halogens is 2. The maximum Gasteiger partial charge on any atom is 0.128 e. The van der Waals surface area contributed by atoms with Crippen molar-refractivity contribution in [2.45, 2.75) is 94.9 Å². The molecule has 0 spiro atoms. The van der Waals surface area contributed by atoms with E-state index in [4.69, 9.17) is 4.79 Å². The van der Waals surface area contributed by atoms with Crippen LogP contribution in [0.4, 0.5) is 8.78 Å². The van der Waals surface area contributed by atoms with Gasteiger partial charge in [0.05, 0.1) is 6.20 Å². The molecule has 0 radical (unpaired) electrons. The van der Waals surface area contributed by atoms with Crippen molar-refractivity contribution >= 4 is 18.2 Å². The highest BCUT2D eigenvalue weighted by molar-refractivity contribution is 5.79. The second-order valence-corrected chi connectivity index (χ2v) is 9.56. The molecule has 46 heavy (non-hydrogen) atoms. The minimum absolute atomic E-state index is 0.0810. The maximum absolute atomic E-state index is 12.4. The molecular weight excluding hydrogens is 578 g/mol. The summed E-state index contributed by atoms with van der Waals surface area (Å²) < 4.78 is 26.6. The topological polar surface area (TPSA) is 58.9 Å². The zero-order valence-corrected chi connectivity index (χ0v) is 30.1. The summed E-state index contributed by atoms with van der Waals surface area (Å²) in [6, 6.07) is 16.9. The third-order valence-electron chi connectivity index (χ3n) is 6.52. The quantitative estimate of drug-likeness (QED) is 0.242. The fraction of sp³-hybridized carbons (Fsp3) is 0.385. The predicted octanol–water partition coefficient (Wildman–Crippen LogP) is 10.3. The Hall–Kier alpha value is -4.10. The van der Waals surface area contributed by atoms with Gasteiger partial charge < -0.3 is 15.4 Å². The minimum Gasteiger partial charge on any atom is -0.366 e. The van der Waals surface area contributed by atoms with Gasteiger partial charge in [0.25, 0.3) is 0 Å². The van der Waals surface area contributed by atoms with Crippen molar-refractivity contribution in [3.8, 4) is 0 Å². The third-order valence-corrected chi connectivity index (χ3v) is 6.52. The summed E-state index contributed by atoms with van der Waals surface area (Å²) in [5.41, 5.74) is 8.64. The van der Waals surface area contributed by atoms with Crippen LogP contribution in [0, 0.1) is 20.8 Å². The molecule has 0 saturated heterocycles. The summed E-state index contributed by atoms with van der Waals surface area (Å²) in [4.78, 5) is 8.00. The Morgan fingerprint density at radius 1 is 0.913 bits per heavy atom. The van der Waals surface area contributed by atoms with Crippen molar-refractivity contribution in [2.75, 3.05) is 7.05 Å². The molecule has 4 rings (SSSR count). The number of aromatic nitrogens is 2. The molecule has 254 valence electrons. The molecule has 0 bridgehead atoms. The number of hydrogen-bond acceptors (Lipinski definition) is 4. The fourth-order valence-corrected chi connectivity index (χ4v) is 4.01. The van der Waals surface area contributed by atoms with Crippen LogP contribution in [0.1, 0.15) is 88.4 Å². The van der Waals surface area contributed by atoms with Gasteiger partial charge in [0, 0.05) is 25.2 Å². The van der Waals surface area contributed by atoms with Crippen molar-refractivity contribution in [3.05, 3.63) is 124 Å². The van der Waals surface area contributed by atoms with Crippen LogP contribution < -0.4 is 10.6 Å². The van der Waals surface area contributed by atoms with Crippen LogP contribution in [-0.2, 0) is 17.9 Å². The zero-order chi connectivity index (χ0) is 35.7. The molecule has 2 N–H and O–H groups in total. The Morgan fingerprint density at radius 3 is 1.91 bits per heavy atom. The Balaban J connectivity index is 0. The number of allylic oxidation sites excluding steroid dienone is 6. The molecule has 5 nitrogen and oxygen atoms in total. The number of nitrogens with one attached hydrogen (secondary N) is 2. The van der Waals surface area contributed by atoms with Gasteiger partial charge in [-0.05, 0) is 85.9 Å². The normalized spacial score (nSPS) is 13.1. The SMILES string of the molecule is C=C(/C=C(/NCc1ccc(CNC)cc1)n1ncc(C)c1C)c1ccccc1C.C=O.CC.CC.CC.CC1=C(F)CC(F)C=C1. The van der Waals surface area contributed by atoms with Crippen molar-refractivity contribution in [2.24, 2.45) is 0 Å². The van der Waals surface area contributed by atoms with Gasteiger partial charge in [0.2, 0.25) is 0 Å². The maximum atomic E-state index is 12.4. The predicted molar refractivity (Wildman–Crippen MR) is 196 cm³/mol. The monoisotopic (exact) mass is 636 g/mol. The lowest BCUT2D eigenvalue weighted by Crippen LogP contribution is -2.19. The Bertz CT molecular complexity index is 1350. The Kier molecular flexibility index (Phi) is 25.0. The van der Waals surface area contributed by atoms with Crippen molar-refractivity contribution in [3.63, 3.8) is 0 Å². The van der Waals surface area contributed by atoms with Gasteiger partial charge in [-0.15, -0.1) is 0 Å². The summed E-state index contributed by atoms with van der Waals surface area (Å²) in [7, 11) is 1.96. The lowest BCUT2D eigenvalue weighted by molar-refractivity contribution is -0.0980. The van der Waals surface area contributed by atoms with E-state index in [0.717, 1.165) is 34.8 Å². The average Bonchev–Trinajstić information content (AvgIpc) is 3.43. The second-order valence-electron chi connectivity index (χ2n) is 9.56. The molecule has 2 aromatic carbocycles. The van der Waals surface area contributed by atoms with Crippen molar-refractivity contribution in [1.82, 2.24) is 20.4 Å². The van der Waals surface area contributed by atoms with Gasteiger partial charge in [0.1, 0.15) is 24.6 Å². The molecule has 1 aromatic heterocycles. The van der Waals surface area contributed by atoms with E-state index in [9.17, 15) is 8.78 Å². The number of aryl methyl sites for hydroxylation is 2. The summed E-state index contributed by atoms with van der Waals surface area (Å²) in [5, 5.41) is 11.3. The summed E-state index contributed by atoms with van der Waals surface area (Å²) in [6.07, 6.45) is 5.63. The summed E-state index contributed by atoms with van der Waals surface area (Å²) in [6.45, 7) is 27.8. The molecule has 7 heteroatoms. The number of hydrogen-bond donors (Lipinski definition) is 2. The third kappa shape index (κ3) is 15.3. The van der Waals surface area contributed by atoms with E-state index in [0.29, 0.717) is 12.1 Å². The zero-order valence-electron chi connectivity index (χ0n) is 30.1. The summed E-state index contributed by atoms with van der Waals surface area (Å²) >= 11 is 0. The minimum atomic E-state index is -1.12. The van der Waals surface area contributed by atoms with Crippen LogP contribution in [0.5, 0.6) is 0 Å². The molecule has 1 unspecified atom stereocenters. The van der Waals surface area contributed by atoms with Crippen LogP contribution >= 0.6 is 0 Å². The first-order valence-electron chi connectivity index (χ1n) is 16.1. The lowest BCUT2D eigenvalue weighted by Gasteiger charge is -2.15. The molecule has 1 heterocycles. The smallest absolute Gasteiger partial charge is 0.128 e. The first kappa shape index (κ1) is 44.0. The Morgan fingerprint density at radius 2 is 1.46 bits per heavy atom. The standard InChI is InChI=1S/C25H30N4.C7H8F2.3C2H6.CH2O/c1-18-8-6-7-9-24(18)19(2)14-25(29-21(4)20(3)15-28-29)27-17-23-12-10-22(11-13-23)16-26-5;1-5-2-3-6(8)4-7(5)9;4*1-2/h6-15,26-27H,2,16-17H2,1,3-5H3;2-3,6H,4H2,1H3;3*1-2H3;1H2/b25-14-;;;;;. The highest BCUT2D eigenvalue weighted by atomic mass is 19.1. The number of benzene rings is 2. The summed E-state index contributed by atoms with van der Waals surface area (Å²) in [5.74, 6) is 0.591. The van der Waals surface area contributed by atoms with E-state index >= 15 is 0 Å². The fourth-order valence-electron chi connectivity index (χ4n) is 4.01. The molecule has 1 aliphatic carbocycles. The number of nitrogens with zero attached hydrogens (tertiary/aromatic N) is 2. The molecular formula is C39H58F2N4O. The molecule has 0 amide bonds. The number of alkyl halides is 1. The molecule has 0 saturated carbocycles. The van der Waals surface area contributed by atoms with Crippen LogP contribution in [0.3, 0.4) is 0 Å². The van der Waals surface area contributed by atoms with E-state index in [2.05, 4.69) is 85.6 Å². The number of carbonyl (C=O) groups excluding carboxylic acids is 1. The van der Waals surface area contributed by atoms with Gasteiger partial charge >= 0.3 is 0 Å². The Labute approximate surface area is 278 Å². The molecule has 0 aliphatic heterocycles. The van der Waals surface area contributed by atoms with Gasteiger partial charge in [-0.2, -0.15) is 5.10 Å². The first-order valence-corrected chi connectivity index (χ1v) is 16.1. The molecule has 1 aliphatic rings. The first-order chi connectivity index (χ1) is 22.2. The van der Waals surface area contributed by atoms with Crippen LogP contribution in [0.2, 0.25) is 0 Å². The van der Waals surface area contributed by atoms with E-state index in [1.165, 1.54) is 28.8 Å². The van der Waals surface area contributed by atoms with Gasteiger partial charge in [-0.3, -0.25) is 0 Å². The van der Waals surface area contributed by atoms with Gasteiger partial charge in [0.15, 0.2) is 0 Å². The lowest BCUT2D eigenvalue weighted by atomic mass is 10.0. The van der Waals surface area contributed by atoms with Crippen LogP contribution in [0.25, 0.3) is 11.4 Å². The highest BCUT2D eigenvalue weighted by Gasteiger charge is 2.12. The van der Waals surface area contributed by atoms with Crippen molar-refractivity contribution in [1.29, 1.82) is 0 Å². The highest BCUT2D eigenvalue weighted by Crippen LogP contribution is 2.22. The molecule has 0 fully saturated rings. The van der Waals surface area contributed by atoms with Crippen LogP contribution in [-0.4, -0.2) is 29.8 Å². The van der Waals surface area contributed by atoms with Gasteiger partial charge in [-0.25, -0.2) is 13.5 Å². The average molecular weight is 637 g/mol. The van der Waals surface area contributed by atoms with E-state index in [-0.39, 0.29) is 12.2 Å². The molecule has 1 atom stereocenters. The van der Waals surface area contributed by atoms with Crippen LogP contribution in [0.15, 0.2) is 90.9 Å². The largest absolute Gasteiger partial charge is 0.366 e. The van der Waals surface area contributed by atoms with Crippen molar-refractivity contribution < 1.29 is 13.6 Å². The second kappa shape index (κ2) is 26.1. The van der Waals surface area contributed by atoms with E-state index in [1.54, 1.807) is 6.92 Å². The van der Waals surface area contributed by atoms with Gasteiger partial charge in [-0.1, -0.05) is 103 Å². The number of carbonyl (C=O) groups is 1.